The van der Waals surface area contributed by atoms with Crippen molar-refractivity contribution in [1.82, 2.24) is 24.8 Å². The van der Waals surface area contributed by atoms with Crippen molar-refractivity contribution in [3.05, 3.63) is 71.0 Å². The summed E-state index contributed by atoms with van der Waals surface area (Å²) in [5.74, 6) is 1.78. The number of fused-ring (bicyclic) bond motifs is 2. The SMILES string of the molecule is CSCCC(NC(=O)CCCCCn1cnc2ccccc2c1=O)c1nc2ccccc2[nH]1. The number of aromatic nitrogens is 4. The number of thioether (sulfide) groups is 1. The first-order valence-electron chi connectivity index (χ1n) is 11.3. The monoisotopic (exact) mass is 463 g/mol. The number of H-pyrrole nitrogens is 1. The van der Waals surface area contributed by atoms with Crippen molar-refractivity contribution in [3.8, 4) is 0 Å². The van der Waals surface area contributed by atoms with E-state index in [9.17, 15) is 9.59 Å². The first-order chi connectivity index (χ1) is 16.2. The number of benzene rings is 2. The van der Waals surface area contributed by atoms with Gasteiger partial charge in [0.15, 0.2) is 0 Å². The molecule has 0 radical (unpaired) electrons. The fourth-order valence-corrected chi connectivity index (χ4v) is 4.40. The Balaban J connectivity index is 1.27. The molecule has 33 heavy (non-hydrogen) atoms. The van der Waals surface area contributed by atoms with Crippen molar-refractivity contribution in [2.24, 2.45) is 0 Å². The van der Waals surface area contributed by atoms with Gasteiger partial charge >= 0.3 is 0 Å². The van der Waals surface area contributed by atoms with Crippen LogP contribution in [-0.4, -0.2) is 37.4 Å². The van der Waals surface area contributed by atoms with Crippen molar-refractivity contribution in [1.29, 1.82) is 0 Å². The van der Waals surface area contributed by atoms with E-state index in [0.717, 1.165) is 53.8 Å². The highest BCUT2D eigenvalue weighted by Crippen LogP contribution is 2.20. The Labute approximate surface area is 197 Å². The van der Waals surface area contributed by atoms with Gasteiger partial charge in [-0.15, -0.1) is 0 Å². The van der Waals surface area contributed by atoms with Gasteiger partial charge in [0.1, 0.15) is 5.82 Å². The molecular formula is C25H29N5O2S. The maximum absolute atomic E-state index is 12.6. The van der Waals surface area contributed by atoms with E-state index in [2.05, 4.69) is 26.5 Å². The molecule has 2 N–H and O–H groups in total. The Kier molecular flexibility index (Phi) is 7.78. The molecule has 8 heteroatoms. The van der Waals surface area contributed by atoms with Gasteiger partial charge in [0.05, 0.1) is 34.3 Å². The average molecular weight is 464 g/mol. The largest absolute Gasteiger partial charge is 0.346 e. The van der Waals surface area contributed by atoms with E-state index in [4.69, 9.17) is 0 Å². The van der Waals surface area contributed by atoms with Crippen molar-refractivity contribution < 1.29 is 4.79 Å². The molecule has 0 saturated carbocycles. The molecule has 1 unspecified atom stereocenters. The van der Waals surface area contributed by atoms with Crippen LogP contribution in [0.3, 0.4) is 0 Å². The van der Waals surface area contributed by atoms with Crippen LogP contribution in [-0.2, 0) is 11.3 Å². The number of amides is 1. The highest BCUT2D eigenvalue weighted by atomic mass is 32.2. The third-order valence-electron chi connectivity index (χ3n) is 5.72. The third-order valence-corrected chi connectivity index (χ3v) is 6.36. The number of carbonyl (C=O) groups excluding carboxylic acids is 1. The summed E-state index contributed by atoms with van der Waals surface area (Å²) in [5, 5.41) is 3.80. The molecular weight excluding hydrogens is 434 g/mol. The van der Waals surface area contributed by atoms with Crippen LogP contribution in [0.15, 0.2) is 59.7 Å². The number of unbranched alkanes of at least 4 members (excludes halogenated alkanes) is 2. The lowest BCUT2D eigenvalue weighted by Gasteiger charge is -2.16. The smallest absolute Gasteiger partial charge is 0.261 e. The molecule has 2 heterocycles. The molecule has 1 amide bonds. The molecule has 0 aliphatic heterocycles. The van der Waals surface area contributed by atoms with Gasteiger partial charge in [0.25, 0.3) is 5.56 Å². The molecule has 172 valence electrons. The van der Waals surface area contributed by atoms with E-state index in [1.807, 2.05) is 42.5 Å². The number of hydrogen-bond acceptors (Lipinski definition) is 5. The average Bonchev–Trinajstić information content (AvgIpc) is 3.27. The minimum Gasteiger partial charge on any atom is -0.346 e. The second kappa shape index (κ2) is 11.1. The summed E-state index contributed by atoms with van der Waals surface area (Å²) in [6.07, 6.45) is 7.43. The highest BCUT2D eigenvalue weighted by Gasteiger charge is 2.18. The zero-order valence-electron chi connectivity index (χ0n) is 18.8. The van der Waals surface area contributed by atoms with Crippen LogP contribution in [0.25, 0.3) is 21.9 Å². The molecule has 0 spiro atoms. The molecule has 2 aromatic carbocycles. The number of imidazole rings is 1. The number of nitrogens with zero attached hydrogens (tertiary/aromatic N) is 3. The molecule has 7 nitrogen and oxygen atoms in total. The number of para-hydroxylation sites is 3. The van der Waals surface area contributed by atoms with Gasteiger partial charge in [-0.05, 0) is 55.5 Å². The Morgan fingerprint density at radius 3 is 2.70 bits per heavy atom. The molecule has 0 fully saturated rings. The summed E-state index contributed by atoms with van der Waals surface area (Å²) in [6.45, 7) is 0.605. The van der Waals surface area contributed by atoms with E-state index in [1.54, 1.807) is 28.7 Å². The van der Waals surface area contributed by atoms with Gasteiger partial charge in [0.2, 0.25) is 5.91 Å². The fraction of sp³-hybridized carbons (Fsp3) is 0.360. The van der Waals surface area contributed by atoms with E-state index >= 15 is 0 Å². The lowest BCUT2D eigenvalue weighted by atomic mass is 10.1. The minimum atomic E-state index is -0.125. The number of carbonyl (C=O) groups is 1. The lowest BCUT2D eigenvalue weighted by molar-refractivity contribution is -0.122. The highest BCUT2D eigenvalue weighted by molar-refractivity contribution is 7.98. The summed E-state index contributed by atoms with van der Waals surface area (Å²) in [7, 11) is 0. The maximum Gasteiger partial charge on any atom is 0.261 e. The zero-order chi connectivity index (χ0) is 23.0. The summed E-state index contributed by atoms with van der Waals surface area (Å²) in [5.41, 5.74) is 2.60. The fourth-order valence-electron chi connectivity index (χ4n) is 3.93. The lowest BCUT2D eigenvalue weighted by Crippen LogP contribution is -2.29. The van der Waals surface area contributed by atoms with Crippen molar-refractivity contribution in [2.75, 3.05) is 12.0 Å². The molecule has 0 bridgehead atoms. The molecule has 0 aliphatic carbocycles. The summed E-state index contributed by atoms with van der Waals surface area (Å²) in [4.78, 5) is 37.6. The number of hydrogen-bond donors (Lipinski definition) is 2. The van der Waals surface area contributed by atoms with Crippen LogP contribution >= 0.6 is 11.8 Å². The number of rotatable bonds is 11. The van der Waals surface area contributed by atoms with Gasteiger partial charge in [0, 0.05) is 13.0 Å². The standard InChI is InChI=1S/C25H29N5O2S/c1-33-16-14-22(24-28-20-11-6-7-12-21(20)29-24)27-23(31)13-3-2-8-15-30-17-26-19-10-5-4-9-18(19)25(30)32/h4-7,9-12,17,22H,2-3,8,13-16H2,1H3,(H,27,31)(H,28,29). The van der Waals surface area contributed by atoms with E-state index < -0.39 is 0 Å². The van der Waals surface area contributed by atoms with E-state index in [0.29, 0.717) is 18.4 Å². The van der Waals surface area contributed by atoms with Crippen molar-refractivity contribution >= 4 is 39.6 Å². The second-order valence-electron chi connectivity index (χ2n) is 8.11. The Morgan fingerprint density at radius 2 is 1.88 bits per heavy atom. The quantitative estimate of drug-likeness (QED) is 0.321. The molecule has 2 aromatic heterocycles. The van der Waals surface area contributed by atoms with Gasteiger partial charge in [-0.25, -0.2) is 9.97 Å². The summed E-state index contributed by atoms with van der Waals surface area (Å²) < 4.78 is 1.66. The van der Waals surface area contributed by atoms with Crippen molar-refractivity contribution in [2.45, 2.75) is 44.7 Å². The second-order valence-corrected chi connectivity index (χ2v) is 9.10. The number of aromatic amines is 1. The first kappa shape index (κ1) is 23.0. The molecule has 4 aromatic rings. The van der Waals surface area contributed by atoms with Crippen molar-refractivity contribution in [3.63, 3.8) is 0 Å². The van der Waals surface area contributed by atoms with Gasteiger partial charge in [-0.3, -0.25) is 14.2 Å². The van der Waals surface area contributed by atoms with E-state index in [1.165, 1.54) is 0 Å². The molecule has 0 saturated heterocycles. The molecule has 4 rings (SSSR count). The Bertz CT molecular complexity index is 1250. The van der Waals surface area contributed by atoms with Crippen LogP contribution in [0.2, 0.25) is 0 Å². The Hall–Kier alpha value is -3.13. The van der Waals surface area contributed by atoms with Crippen LogP contribution < -0.4 is 10.9 Å². The zero-order valence-corrected chi connectivity index (χ0v) is 19.6. The Morgan fingerprint density at radius 1 is 1.09 bits per heavy atom. The normalized spacial score (nSPS) is 12.3. The van der Waals surface area contributed by atoms with Gasteiger partial charge in [-0.1, -0.05) is 30.7 Å². The van der Waals surface area contributed by atoms with Crippen LogP contribution in [0.5, 0.6) is 0 Å². The molecule has 1 atom stereocenters. The minimum absolute atomic E-state index is 0.0131. The van der Waals surface area contributed by atoms with Crippen LogP contribution in [0.4, 0.5) is 0 Å². The van der Waals surface area contributed by atoms with E-state index in [-0.39, 0.29) is 17.5 Å². The maximum atomic E-state index is 12.6. The first-order valence-corrected chi connectivity index (χ1v) is 12.7. The summed E-state index contributed by atoms with van der Waals surface area (Å²) in [6, 6.07) is 15.2. The third kappa shape index (κ3) is 5.82. The van der Waals surface area contributed by atoms with Gasteiger partial charge < -0.3 is 10.3 Å². The number of aryl methyl sites for hydroxylation is 1. The predicted molar refractivity (Wildman–Crippen MR) is 134 cm³/mol. The van der Waals surface area contributed by atoms with Crippen LogP contribution in [0.1, 0.15) is 44.0 Å². The predicted octanol–water partition coefficient (Wildman–Crippen LogP) is 4.44. The van der Waals surface area contributed by atoms with Gasteiger partial charge in [-0.2, -0.15) is 11.8 Å². The summed E-state index contributed by atoms with van der Waals surface area (Å²) >= 11 is 1.76. The number of nitrogens with one attached hydrogen (secondary N) is 2. The molecule has 0 aliphatic rings. The topological polar surface area (TPSA) is 92.7 Å². The van der Waals surface area contributed by atoms with Crippen LogP contribution in [0, 0.1) is 0 Å².